The lowest BCUT2D eigenvalue weighted by Gasteiger charge is -2.14. The molecule has 28 heavy (non-hydrogen) atoms. The highest BCUT2D eigenvalue weighted by Crippen LogP contribution is 2.30. The molecule has 1 aliphatic rings. The topological polar surface area (TPSA) is 51.2 Å². The summed E-state index contributed by atoms with van der Waals surface area (Å²) in [6, 6.07) is 13.8. The van der Waals surface area contributed by atoms with Crippen LogP contribution in [0.15, 0.2) is 51.4 Å². The molecular weight excluding hydrogens is 484 g/mol. The molecule has 0 unspecified atom stereocenters. The maximum Gasteiger partial charge on any atom is 0.252 e. The number of nitrogens with zero attached hydrogens (tertiary/aromatic N) is 1. The zero-order valence-electron chi connectivity index (χ0n) is 15.5. The Morgan fingerprint density at radius 3 is 2.68 bits per heavy atom. The van der Waals surface area contributed by atoms with Gasteiger partial charge in [0, 0.05) is 33.0 Å². The number of hydrogen-bond donors (Lipinski definition) is 1. The zero-order chi connectivity index (χ0) is 19.7. The number of hydrogen-bond acceptors (Lipinski definition) is 3. The van der Waals surface area contributed by atoms with Crippen LogP contribution in [0.5, 0.6) is 0 Å². The Kier molecular flexibility index (Phi) is 5.80. The number of carbonyl (C=O) groups is 1. The van der Waals surface area contributed by atoms with Crippen molar-refractivity contribution in [1.82, 2.24) is 10.3 Å². The smallest absolute Gasteiger partial charge is 0.252 e. The number of carbonyl (C=O) groups excluding carboxylic acids is 1. The van der Waals surface area contributed by atoms with Gasteiger partial charge in [-0.25, -0.2) is 4.98 Å². The fraction of sp³-hybridized carbons (Fsp3) is 0.273. The van der Waals surface area contributed by atoms with Crippen LogP contribution in [0.1, 0.15) is 28.8 Å². The van der Waals surface area contributed by atoms with Crippen molar-refractivity contribution < 1.29 is 9.53 Å². The molecule has 0 radical (unpaired) electrons. The van der Waals surface area contributed by atoms with Crippen LogP contribution < -0.4 is 5.32 Å². The first kappa shape index (κ1) is 19.6. The standard InChI is InChI=1S/C22H20Br2N2O2/c1-13-9-16(24)10-18-19(22(27)25-12-17-3-2-8-28-17)11-20(26-21(13)18)14-4-6-15(23)7-5-14/h4-7,9-11,17H,2-3,8,12H2,1H3,(H,25,27)/t17-/m1/s1. The first-order valence-corrected chi connectivity index (χ1v) is 10.9. The molecule has 2 heterocycles. The van der Waals surface area contributed by atoms with Gasteiger partial charge >= 0.3 is 0 Å². The second-order valence-corrected chi connectivity index (χ2v) is 8.86. The molecule has 1 N–H and O–H groups in total. The van der Waals surface area contributed by atoms with Crippen molar-refractivity contribution >= 4 is 48.7 Å². The van der Waals surface area contributed by atoms with Crippen LogP contribution in [0.25, 0.3) is 22.2 Å². The third-order valence-corrected chi connectivity index (χ3v) is 5.95. The summed E-state index contributed by atoms with van der Waals surface area (Å²) in [4.78, 5) is 17.9. The Bertz CT molecular complexity index is 1030. The first-order chi connectivity index (χ1) is 13.5. The molecule has 1 atom stereocenters. The van der Waals surface area contributed by atoms with Crippen molar-refractivity contribution in [3.8, 4) is 11.3 Å². The minimum Gasteiger partial charge on any atom is -0.376 e. The molecule has 2 aromatic carbocycles. The predicted molar refractivity (Wildman–Crippen MR) is 119 cm³/mol. The fourth-order valence-corrected chi connectivity index (χ4v) is 4.36. The number of rotatable bonds is 4. The van der Waals surface area contributed by atoms with E-state index in [0.717, 1.165) is 56.1 Å². The summed E-state index contributed by atoms with van der Waals surface area (Å²) in [5.74, 6) is -0.0984. The number of nitrogens with one attached hydrogen (secondary N) is 1. The van der Waals surface area contributed by atoms with E-state index in [1.165, 1.54) is 0 Å². The average molecular weight is 504 g/mol. The highest BCUT2D eigenvalue weighted by Gasteiger charge is 2.19. The van der Waals surface area contributed by atoms with Crippen LogP contribution >= 0.6 is 31.9 Å². The predicted octanol–water partition coefficient (Wildman–Crippen LogP) is 5.64. The number of aryl methyl sites for hydroxylation is 1. The Morgan fingerprint density at radius 1 is 1.18 bits per heavy atom. The third kappa shape index (κ3) is 4.14. The van der Waals surface area contributed by atoms with E-state index in [1.54, 1.807) is 0 Å². The number of aromatic nitrogens is 1. The highest BCUT2D eigenvalue weighted by molar-refractivity contribution is 9.10. The van der Waals surface area contributed by atoms with E-state index in [4.69, 9.17) is 9.72 Å². The van der Waals surface area contributed by atoms with E-state index in [0.29, 0.717) is 12.1 Å². The van der Waals surface area contributed by atoms with Gasteiger partial charge in [0.1, 0.15) is 0 Å². The lowest BCUT2D eigenvalue weighted by atomic mass is 10.0. The van der Waals surface area contributed by atoms with E-state index in [-0.39, 0.29) is 12.0 Å². The number of fused-ring (bicyclic) bond motifs is 1. The van der Waals surface area contributed by atoms with Crippen molar-refractivity contribution in [3.05, 3.63) is 62.5 Å². The maximum absolute atomic E-state index is 13.1. The van der Waals surface area contributed by atoms with E-state index >= 15 is 0 Å². The van der Waals surface area contributed by atoms with Gasteiger partial charge in [-0.05, 0) is 55.7 Å². The van der Waals surface area contributed by atoms with Crippen LogP contribution in [-0.2, 0) is 4.74 Å². The summed E-state index contributed by atoms with van der Waals surface area (Å²) in [7, 11) is 0. The molecule has 0 spiro atoms. The van der Waals surface area contributed by atoms with Gasteiger partial charge in [-0.3, -0.25) is 4.79 Å². The van der Waals surface area contributed by atoms with Crippen LogP contribution in [0, 0.1) is 6.92 Å². The van der Waals surface area contributed by atoms with Crippen LogP contribution in [0.4, 0.5) is 0 Å². The molecule has 4 nitrogen and oxygen atoms in total. The van der Waals surface area contributed by atoms with Crippen LogP contribution in [-0.4, -0.2) is 30.1 Å². The monoisotopic (exact) mass is 502 g/mol. The molecule has 1 amide bonds. The van der Waals surface area contributed by atoms with Crippen molar-refractivity contribution in [2.24, 2.45) is 0 Å². The van der Waals surface area contributed by atoms with E-state index in [9.17, 15) is 4.79 Å². The number of amides is 1. The molecule has 3 aromatic rings. The number of halogens is 2. The van der Waals surface area contributed by atoms with Crippen molar-refractivity contribution in [1.29, 1.82) is 0 Å². The summed E-state index contributed by atoms with van der Waals surface area (Å²) in [5.41, 5.74) is 4.25. The second-order valence-electron chi connectivity index (χ2n) is 7.03. The lowest BCUT2D eigenvalue weighted by molar-refractivity contribution is 0.0859. The molecule has 1 aliphatic heterocycles. The minimum atomic E-state index is -0.0984. The quantitative estimate of drug-likeness (QED) is 0.501. The van der Waals surface area contributed by atoms with Gasteiger partial charge in [-0.2, -0.15) is 0 Å². The summed E-state index contributed by atoms with van der Waals surface area (Å²) in [5, 5.41) is 3.89. The SMILES string of the molecule is Cc1cc(Br)cc2c(C(=O)NC[C@H]3CCCO3)cc(-c3ccc(Br)cc3)nc12. The Labute approximate surface area is 180 Å². The normalized spacial score (nSPS) is 16.5. The van der Waals surface area contributed by atoms with Gasteiger partial charge in [0.15, 0.2) is 0 Å². The van der Waals surface area contributed by atoms with Gasteiger partial charge < -0.3 is 10.1 Å². The van der Waals surface area contributed by atoms with E-state index in [1.807, 2.05) is 49.4 Å². The Morgan fingerprint density at radius 2 is 1.96 bits per heavy atom. The maximum atomic E-state index is 13.1. The van der Waals surface area contributed by atoms with Crippen molar-refractivity contribution in [2.45, 2.75) is 25.9 Å². The lowest BCUT2D eigenvalue weighted by Crippen LogP contribution is -2.32. The van der Waals surface area contributed by atoms with Gasteiger partial charge in [0.2, 0.25) is 0 Å². The largest absolute Gasteiger partial charge is 0.376 e. The third-order valence-electron chi connectivity index (χ3n) is 4.97. The summed E-state index contributed by atoms with van der Waals surface area (Å²) in [6.45, 7) is 3.32. The summed E-state index contributed by atoms with van der Waals surface area (Å²) in [6.07, 6.45) is 2.15. The number of pyridine rings is 1. The van der Waals surface area contributed by atoms with Crippen molar-refractivity contribution in [2.75, 3.05) is 13.2 Å². The minimum absolute atomic E-state index is 0.0984. The van der Waals surface area contributed by atoms with Gasteiger partial charge in [0.25, 0.3) is 5.91 Å². The number of benzene rings is 2. The first-order valence-electron chi connectivity index (χ1n) is 9.28. The molecule has 1 saturated heterocycles. The summed E-state index contributed by atoms with van der Waals surface area (Å²) < 4.78 is 7.57. The summed E-state index contributed by atoms with van der Waals surface area (Å²) >= 11 is 7.01. The molecule has 4 rings (SSSR count). The molecule has 0 bridgehead atoms. The molecule has 1 fully saturated rings. The van der Waals surface area contributed by atoms with Gasteiger partial charge in [-0.1, -0.05) is 44.0 Å². The molecule has 144 valence electrons. The van der Waals surface area contributed by atoms with Crippen LogP contribution in [0.2, 0.25) is 0 Å². The molecule has 6 heteroatoms. The van der Waals surface area contributed by atoms with E-state index in [2.05, 4.69) is 37.2 Å². The molecule has 1 aromatic heterocycles. The second kappa shape index (κ2) is 8.31. The van der Waals surface area contributed by atoms with Crippen molar-refractivity contribution in [3.63, 3.8) is 0 Å². The highest BCUT2D eigenvalue weighted by atomic mass is 79.9. The Balaban J connectivity index is 1.77. The van der Waals surface area contributed by atoms with Gasteiger partial charge in [0.05, 0.1) is 22.9 Å². The number of ether oxygens (including phenoxy) is 1. The van der Waals surface area contributed by atoms with Gasteiger partial charge in [-0.15, -0.1) is 0 Å². The Hall–Kier alpha value is -1.76. The fourth-order valence-electron chi connectivity index (χ4n) is 3.52. The average Bonchev–Trinajstić information content (AvgIpc) is 3.20. The molecular formula is C22H20Br2N2O2. The van der Waals surface area contributed by atoms with E-state index < -0.39 is 0 Å². The zero-order valence-corrected chi connectivity index (χ0v) is 18.6. The molecule has 0 saturated carbocycles. The van der Waals surface area contributed by atoms with Crippen LogP contribution in [0.3, 0.4) is 0 Å². The molecule has 0 aliphatic carbocycles.